The van der Waals surface area contributed by atoms with Gasteiger partial charge in [-0.1, -0.05) is 6.07 Å². The molecule has 0 saturated carbocycles. The highest BCUT2D eigenvalue weighted by atomic mass is 32.1. The third-order valence-corrected chi connectivity index (χ3v) is 4.58. The quantitative estimate of drug-likeness (QED) is 0.651. The first-order valence-electron chi connectivity index (χ1n) is 7.80. The fourth-order valence-corrected chi connectivity index (χ4v) is 3.46. The summed E-state index contributed by atoms with van der Waals surface area (Å²) in [7, 11) is 3.80. The number of methoxy groups -OCH3 is 1. The molecule has 1 fully saturated rings. The average molecular weight is 330 g/mol. The second kappa shape index (κ2) is 7.10. The number of aryl methyl sites for hydroxylation is 1. The molecule has 6 heteroatoms. The van der Waals surface area contributed by atoms with E-state index in [0.717, 1.165) is 30.4 Å². The smallest absolute Gasteiger partial charge is 0.170 e. The molecule has 2 aromatic rings. The molecule has 3 heterocycles. The van der Waals surface area contributed by atoms with Crippen LogP contribution >= 0.6 is 12.2 Å². The number of hydrogen-bond acceptors (Lipinski definition) is 3. The average Bonchev–Trinajstić information content (AvgIpc) is 3.12. The second-order valence-corrected chi connectivity index (χ2v) is 6.10. The van der Waals surface area contributed by atoms with Gasteiger partial charge in [0.25, 0.3) is 0 Å². The number of pyridine rings is 1. The van der Waals surface area contributed by atoms with Crippen LogP contribution in [-0.2, 0) is 11.8 Å². The summed E-state index contributed by atoms with van der Waals surface area (Å²) in [6.07, 6.45) is 4.84. The summed E-state index contributed by atoms with van der Waals surface area (Å²) < 4.78 is 7.34. The highest BCUT2D eigenvalue weighted by Crippen LogP contribution is 2.38. The maximum Gasteiger partial charge on any atom is 0.170 e. The molecular formula is C17H22N4OS. The van der Waals surface area contributed by atoms with E-state index in [4.69, 9.17) is 17.0 Å². The molecule has 0 aliphatic carbocycles. The van der Waals surface area contributed by atoms with Gasteiger partial charge in [-0.15, -0.1) is 0 Å². The molecule has 122 valence electrons. The van der Waals surface area contributed by atoms with Crippen LogP contribution in [-0.4, -0.2) is 39.8 Å². The van der Waals surface area contributed by atoms with E-state index >= 15 is 0 Å². The normalized spacial score (nSPS) is 20.8. The minimum atomic E-state index is 0.0554. The fourth-order valence-electron chi connectivity index (χ4n) is 3.13. The molecule has 1 saturated heterocycles. The van der Waals surface area contributed by atoms with Crippen LogP contribution in [0.15, 0.2) is 42.7 Å². The van der Waals surface area contributed by atoms with Crippen molar-refractivity contribution in [1.29, 1.82) is 0 Å². The number of hydrogen-bond donors (Lipinski definition) is 1. The molecule has 0 amide bonds. The Labute approximate surface area is 142 Å². The highest BCUT2D eigenvalue weighted by Gasteiger charge is 2.40. The predicted octanol–water partition coefficient (Wildman–Crippen LogP) is 2.43. The zero-order valence-corrected chi connectivity index (χ0v) is 14.3. The maximum absolute atomic E-state index is 5.60. The molecule has 3 rings (SSSR count). The van der Waals surface area contributed by atoms with Gasteiger partial charge < -0.3 is 19.5 Å². The Morgan fingerprint density at radius 2 is 2.17 bits per heavy atom. The predicted molar refractivity (Wildman–Crippen MR) is 94.1 cm³/mol. The second-order valence-electron chi connectivity index (χ2n) is 5.71. The number of thiocarbonyl (C=S) groups is 1. The molecule has 0 unspecified atom stereocenters. The lowest BCUT2D eigenvalue weighted by Crippen LogP contribution is -2.31. The Hall–Kier alpha value is -1.92. The van der Waals surface area contributed by atoms with Crippen molar-refractivity contribution in [1.82, 2.24) is 19.8 Å². The Bertz CT molecular complexity index is 658. The third kappa shape index (κ3) is 3.23. The Balaban J connectivity index is 1.93. The van der Waals surface area contributed by atoms with Gasteiger partial charge in [-0.3, -0.25) is 4.98 Å². The molecule has 2 aromatic heterocycles. The first kappa shape index (κ1) is 16.0. The molecule has 1 aliphatic rings. The number of ether oxygens (including phenoxy) is 1. The minimum Gasteiger partial charge on any atom is -0.385 e. The van der Waals surface area contributed by atoms with E-state index in [2.05, 4.69) is 51.2 Å². The van der Waals surface area contributed by atoms with Crippen LogP contribution in [0.1, 0.15) is 29.9 Å². The van der Waals surface area contributed by atoms with Crippen LogP contribution in [0, 0.1) is 0 Å². The highest BCUT2D eigenvalue weighted by molar-refractivity contribution is 7.80. The van der Waals surface area contributed by atoms with Gasteiger partial charge in [-0.05, 0) is 42.9 Å². The van der Waals surface area contributed by atoms with Gasteiger partial charge in [0, 0.05) is 45.4 Å². The van der Waals surface area contributed by atoms with E-state index in [0.29, 0.717) is 0 Å². The molecule has 2 atom stereocenters. The first-order valence-corrected chi connectivity index (χ1v) is 8.21. The summed E-state index contributed by atoms with van der Waals surface area (Å²) >= 11 is 5.60. The third-order valence-electron chi connectivity index (χ3n) is 4.23. The molecule has 0 spiro atoms. The van der Waals surface area contributed by atoms with Gasteiger partial charge in [0.1, 0.15) is 0 Å². The van der Waals surface area contributed by atoms with E-state index in [1.165, 1.54) is 5.69 Å². The summed E-state index contributed by atoms with van der Waals surface area (Å²) in [5.74, 6) is 0. The zero-order valence-electron chi connectivity index (χ0n) is 13.5. The summed E-state index contributed by atoms with van der Waals surface area (Å²) in [5.41, 5.74) is 2.24. The van der Waals surface area contributed by atoms with Crippen molar-refractivity contribution in [2.75, 3.05) is 20.3 Å². The molecule has 0 bridgehead atoms. The van der Waals surface area contributed by atoms with Crippen LogP contribution in [0.25, 0.3) is 0 Å². The van der Waals surface area contributed by atoms with E-state index in [9.17, 15) is 0 Å². The topological polar surface area (TPSA) is 42.3 Å². The van der Waals surface area contributed by atoms with Crippen LogP contribution in [0.2, 0.25) is 0 Å². The Morgan fingerprint density at radius 3 is 2.83 bits per heavy atom. The lowest BCUT2D eigenvalue weighted by molar-refractivity contribution is 0.179. The summed E-state index contributed by atoms with van der Waals surface area (Å²) in [6.45, 7) is 1.59. The lowest BCUT2D eigenvalue weighted by Gasteiger charge is -2.28. The standard InChI is InChI=1S/C17H22N4OS/c1-20-10-5-8-14(20)16-15(13-7-3-4-9-18-13)19-17(23)21(16)11-6-12-22-2/h3-5,7-10,15-16H,6,11-12H2,1-2H3,(H,19,23)/t15-,16+/m1/s1. The van der Waals surface area contributed by atoms with Crippen LogP contribution < -0.4 is 5.32 Å². The molecular weight excluding hydrogens is 308 g/mol. The molecule has 1 aliphatic heterocycles. The summed E-state index contributed by atoms with van der Waals surface area (Å²) in [5, 5.41) is 4.23. The van der Waals surface area contributed by atoms with Crippen molar-refractivity contribution in [3.8, 4) is 0 Å². The van der Waals surface area contributed by atoms with Crippen molar-refractivity contribution in [3.63, 3.8) is 0 Å². The van der Waals surface area contributed by atoms with E-state index in [1.54, 1.807) is 7.11 Å². The Morgan fingerprint density at radius 1 is 1.30 bits per heavy atom. The van der Waals surface area contributed by atoms with Gasteiger partial charge >= 0.3 is 0 Å². The zero-order chi connectivity index (χ0) is 16.2. The van der Waals surface area contributed by atoms with Gasteiger partial charge in [0.15, 0.2) is 5.11 Å². The van der Waals surface area contributed by atoms with E-state index in [1.807, 2.05) is 18.3 Å². The maximum atomic E-state index is 5.60. The molecule has 23 heavy (non-hydrogen) atoms. The summed E-state index contributed by atoms with van der Waals surface area (Å²) in [4.78, 5) is 6.79. The van der Waals surface area contributed by atoms with E-state index in [-0.39, 0.29) is 12.1 Å². The van der Waals surface area contributed by atoms with Crippen molar-refractivity contribution in [2.24, 2.45) is 7.05 Å². The number of nitrogens with zero attached hydrogens (tertiary/aromatic N) is 3. The summed E-state index contributed by atoms with van der Waals surface area (Å²) in [6, 6.07) is 10.4. The van der Waals surface area contributed by atoms with Crippen molar-refractivity contribution in [3.05, 3.63) is 54.1 Å². The van der Waals surface area contributed by atoms with Crippen LogP contribution in [0.3, 0.4) is 0 Å². The number of rotatable bonds is 6. The number of aromatic nitrogens is 2. The molecule has 5 nitrogen and oxygen atoms in total. The van der Waals surface area contributed by atoms with Gasteiger partial charge in [-0.2, -0.15) is 0 Å². The van der Waals surface area contributed by atoms with Crippen LogP contribution in [0.5, 0.6) is 0 Å². The van der Waals surface area contributed by atoms with Gasteiger partial charge in [0.05, 0.1) is 17.8 Å². The fraction of sp³-hybridized carbons (Fsp3) is 0.412. The molecule has 0 radical (unpaired) electrons. The minimum absolute atomic E-state index is 0.0554. The SMILES string of the molecule is COCCCN1C(=S)N[C@H](c2ccccn2)[C@@H]1c1cccn1C. The molecule has 1 N–H and O–H groups in total. The molecule has 0 aromatic carbocycles. The number of nitrogens with one attached hydrogen (secondary N) is 1. The monoisotopic (exact) mass is 330 g/mol. The van der Waals surface area contributed by atoms with Crippen molar-refractivity contribution in [2.45, 2.75) is 18.5 Å². The van der Waals surface area contributed by atoms with Gasteiger partial charge in [0.2, 0.25) is 0 Å². The largest absolute Gasteiger partial charge is 0.385 e. The van der Waals surface area contributed by atoms with Gasteiger partial charge in [-0.25, -0.2) is 0 Å². The first-order chi connectivity index (χ1) is 11.2. The van der Waals surface area contributed by atoms with Crippen LogP contribution in [0.4, 0.5) is 0 Å². The van der Waals surface area contributed by atoms with E-state index < -0.39 is 0 Å². The lowest BCUT2D eigenvalue weighted by atomic mass is 10.0. The van der Waals surface area contributed by atoms with Crippen molar-refractivity contribution < 1.29 is 4.74 Å². The van der Waals surface area contributed by atoms with Crippen molar-refractivity contribution >= 4 is 17.3 Å². The Kier molecular flexibility index (Phi) is 4.93.